The fourth-order valence-electron chi connectivity index (χ4n) is 1.49. The van der Waals surface area contributed by atoms with Gasteiger partial charge in [0.25, 0.3) is 0 Å². The number of benzene rings is 1. The van der Waals surface area contributed by atoms with Gasteiger partial charge in [0.05, 0.1) is 12.7 Å². The van der Waals surface area contributed by atoms with Crippen LogP contribution in [0.1, 0.15) is 30.9 Å². The minimum absolute atomic E-state index is 0.0587. The Kier molecular flexibility index (Phi) is 3.35. The van der Waals surface area contributed by atoms with Crippen LogP contribution in [0.5, 0.6) is 5.75 Å². The molecule has 1 aromatic rings. The number of ether oxygens (including phenoxy) is 1. The fraction of sp³-hybridized carbons (Fsp3) is 0.455. The number of alkyl halides is 3. The molecule has 1 rings (SSSR count). The monoisotopic (exact) mass is 233 g/mol. The quantitative estimate of drug-likeness (QED) is 0.794. The minimum atomic E-state index is -4.43. The van der Waals surface area contributed by atoms with Crippen LogP contribution in [0.2, 0.25) is 0 Å². The Morgan fingerprint density at radius 3 is 2.19 bits per heavy atom. The normalized spacial score (nSPS) is 11.9. The predicted octanol–water partition coefficient (Wildman–Crippen LogP) is 3.42. The fourth-order valence-corrected chi connectivity index (χ4v) is 1.49. The highest BCUT2D eigenvalue weighted by molar-refractivity contribution is 5.57. The summed E-state index contributed by atoms with van der Waals surface area (Å²) in [6, 6.07) is 2.27. The molecule has 0 radical (unpaired) electrons. The molecule has 0 aromatic heterocycles. The van der Waals surface area contributed by atoms with Gasteiger partial charge in [-0.2, -0.15) is 13.2 Å². The average molecular weight is 233 g/mol. The highest BCUT2D eigenvalue weighted by Crippen LogP contribution is 2.39. The lowest BCUT2D eigenvalue weighted by Gasteiger charge is -2.17. The highest BCUT2D eigenvalue weighted by atomic mass is 19.4. The van der Waals surface area contributed by atoms with Crippen molar-refractivity contribution in [1.29, 1.82) is 0 Å². The van der Waals surface area contributed by atoms with E-state index in [1.165, 1.54) is 13.2 Å². The summed E-state index contributed by atoms with van der Waals surface area (Å²) in [4.78, 5) is 0. The van der Waals surface area contributed by atoms with Gasteiger partial charge in [0.15, 0.2) is 0 Å². The SMILES string of the molecule is COc1cc(N)c(C(F)(F)F)cc1C(C)C. The lowest BCUT2D eigenvalue weighted by molar-refractivity contribution is -0.137. The molecule has 0 bridgehead atoms. The Balaban J connectivity index is 3.39. The van der Waals surface area contributed by atoms with Gasteiger partial charge in [-0.25, -0.2) is 0 Å². The summed E-state index contributed by atoms with van der Waals surface area (Å²) in [6.45, 7) is 3.60. The van der Waals surface area contributed by atoms with Crippen LogP contribution < -0.4 is 10.5 Å². The van der Waals surface area contributed by atoms with E-state index < -0.39 is 11.7 Å². The van der Waals surface area contributed by atoms with Gasteiger partial charge in [-0.05, 0) is 17.5 Å². The van der Waals surface area contributed by atoms with Crippen LogP contribution >= 0.6 is 0 Å². The number of hydrogen-bond acceptors (Lipinski definition) is 2. The van der Waals surface area contributed by atoms with E-state index in [9.17, 15) is 13.2 Å². The van der Waals surface area contributed by atoms with Gasteiger partial charge < -0.3 is 10.5 Å². The van der Waals surface area contributed by atoms with E-state index in [0.717, 1.165) is 6.07 Å². The lowest BCUT2D eigenvalue weighted by atomic mass is 9.98. The smallest absolute Gasteiger partial charge is 0.418 e. The maximum absolute atomic E-state index is 12.6. The summed E-state index contributed by atoms with van der Waals surface area (Å²) in [6.07, 6.45) is -4.43. The van der Waals surface area contributed by atoms with Gasteiger partial charge >= 0.3 is 6.18 Å². The Labute approximate surface area is 92.2 Å². The van der Waals surface area contributed by atoms with E-state index in [4.69, 9.17) is 10.5 Å². The number of methoxy groups -OCH3 is 1. The summed E-state index contributed by atoms with van der Waals surface area (Å²) in [5.41, 5.74) is 4.74. The van der Waals surface area contributed by atoms with E-state index in [0.29, 0.717) is 11.3 Å². The molecule has 90 valence electrons. The molecule has 0 aliphatic carbocycles. The molecule has 0 atom stereocenters. The van der Waals surface area contributed by atoms with Gasteiger partial charge in [0.2, 0.25) is 0 Å². The molecule has 0 saturated carbocycles. The zero-order valence-corrected chi connectivity index (χ0v) is 9.35. The van der Waals surface area contributed by atoms with Crippen molar-refractivity contribution in [3.05, 3.63) is 23.3 Å². The van der Waals surface area contributed by atoms with Gasteiger partial charge in [-0.3, -0.25) is 0 Å². The summed E-state index contributed by atoms with van der Waals surface area (Å²) < 4.78 is 42.8. The number of rotatable bonds is 2. The van der Waals surface area contributed by atoms with Crippen molar-refractivity contribution < 1.29 is 17.9 Å². The average Bonchev–Trinajstić information content (AvgIpc) is 2.14. The van der Waals surface area contributed by atoms with Crippen LogP contribution in [0.3, 0.4) is 0 Å². The molecule has 0 aliphatic rings. The lowest BCUT2D eigenvalue weighted by Crippen LogP contribution is -2.10. The van der Waals surface area contributed by atoms with E-state index in [-0.39, 0.29) is 11.6 Å². The predicted molar refractivity (Wildman–Crippen MR) is 56.5 cm³/mol. The van der Waals surface area contributed by atoms with Crippen molar-refractivity contribution >= 4 is 5.69 Å². The van der Waals surface area contributed by atoms with E-state index in [2.05, 4.69) is 0 Å². The topological polar surface area (TPSA) is 35.2 Å². The molecule has 0 saturated heterocycles. The van der Waals surface area contributed by atoms with Gasteiger partial charge in [0.1, 0.15) is 5.75 Å². The minimum Gasteiger partial charge on any atom is -0.496 e. The highest BCUT2D eigenvalue weighted by Gasteiger charge is 2.34. The molecule has 1 aromatic carbocycles. The first-order valence-corrected chi connectivity index (χ1v) is 4.82. The van der Waals surface area contributed by atoms with Crippen LogP contribution in [0.4, 0.5) is 18.9 Å². The van der Waals surface area contributed by atoms with Gasteiger partial charge in [-0.1, -0.05) is 13.8 Å². The van der Waals surface area contributed by atoms with Crippen molar-refractivity contribution in [2.75, 3.05) is 12.8 Å². The largest absolute Gasteiger partial charge is 0.496 e. The van der Waals surface area contributed by atoms with Crippen LogP contribution in [0.25, 0.3) is 0 Å². The Morgan fingerprint density at radius 2 is 1.81 bits per heavy atom. The molecule has 0 amide bonds. The van der Waals surface area contributed by atoms with E-state index in [1.807, 2.05) is 0 Å². The van der Waals surface area contributed by atoms with Crippen molar-refractivity contribution in [1.82, 2.24) is 0 Å². The molecular weight excluding hydrogens is 219 g/mol. The number of hydrogen-bond donors (Lipinski definition) is 1. The standard InChI is InChI=1S/C11H14F3NO/c1-6(2)7-4-8(11(12,13)14)9(15)5-10(7)16-3/h4-6H,15H2,1-3H3. The van der Waals surface area contributed by atoms with Crippen molar-refractivity contribution in [2.24, 2.45) is 0 Å². The molecule has 2 nitrogen and oxygen atoms in total. The Hall–Kier alpha value is -1.39. The number of anilines is 1. The van der Waals surface area contributed by atoms with Crippen molar-refractivity contribution in [3.8, 4) is 5.75 Å². The molecular formula is C11H14F3NO. The second-order valence-electron chi connectivity index (χ2n) is 3.83. The maximum atomic E-state index is 12.6. The van der Waals surface area contributed by atoms with Gasteiger partial charge in [0, 0.05) is 11.8 Å². The Bertz CT molecular complexity index is 386. The van der Waals surface area contributed by atoms with E-state index >= 15 is 0 Å². The second kappa shape index (κ2) is 4.23. The van der Waals surface area contributed by atoms with Crippen LogP contribution in [0, 0.1) is 0 Å². The van der Waals surface area contributed by atoms with Crippen molar-refractivity contribution in [3.63, 3.8) is 0 Å². The molecule has 0 aliphatic heterocycles. The van der Waals surface area contributed by atoms with Crippen LogP contribution in [-0.4, -0.2) is 7.11 Å². The summed E-state index contributed by atoms with van der Waals surface area (Å²) in [7, 11) is 1.41. The molecule has 5 heteroatoms. The third-order valence-corrected chi connectivity index (χ3v) is 2.33. The maximum Gasteiger partial charge on any atom is 0.418 e. The third-order valence-electron chi connectivity index (χ3n) is 2.33. The summed E-state index contributed by atoms with van der Waals surface area (Å²) >= 11 is 0. The molecule has 2 N–H and O–H groups in total. The second-order valence-corrected chi connectivity index (χ2v) is 3.83. The van der Waals surface area contributed by atoms with Crippen molar-refractivity contribution in [2.45, 2.75) is 25.9 Å². The Morgan fingerprint density at radius 1 is 1.25 bits per heavy atom. The third kappa shape index (κ3) is 2.40. The summed E-state index contributed by atoms with van der Waals surface area (Å²) in [5, 5.41) is 0. The number of nitrogens with two attached hydrogens (primary N) is 1. The van der Waals surface area contributed by atoms with Crippen LogP contribution in [0.15, 0.2) is 12.1 Å². The zero-order valence-electron chi connectivity index (χ0n) is 9.35. The summed E-state index contributed by atoms with van der Waals surface area (Å²) in [5.74, 6) is 0.331. The zero-order chi connectivity index (χ0) is 12.5. The molecule has 0 fully saturated rings. The molecule has 0 spiro atoms. The first-order valence-electron chi connectivity index (χ1n) is 4.82. The number of nitrogen functional groups attached to an aromatic ring is 1. The molecule has 0 heterocycles. The number of halogens is 3. The van der Waals surface area contributed by atoms with E-state index in [1.54, 1.807) is 13.8 Å². The van der Waals surface area contributed by atoms with Crippen LogP contribution in [-0.2, 0) is 6.18 Å². The first kappa shape index (κ1) is 12.7. The molecule has 16 heavy (non-hydrogen) atoms. The van der Waals surface area contributed by atoms with Gasteiger partial charge in [-0.15, -0.1) is 0 Å². The first-order chi connectivity index (χ1) is 7.27. The molecule has 0 unspecified atom stereocenters.